The van der Waals surface area contributed by atoms with Gasteiger partial charge in [0.25, 0.3) is 0 Å². The summed E-state index contributed by atoms with van der Waals surface area (Å²) in [5, 5.41) is 3.38. The molecule has 7 nitrogen and oxygen atoms in total. The molecule has 1 aromatic heterocycles. The molecular formula is C21H17ClN4O3S2. The molecule has 31 heavy (non-hydrogen) atoms. The Labute approximate surface area is 188 Å². The number of carbonyl (C=O) groups is 1. The molecule has 0 aliphatic carbocycles. The molecule has 0 radical (unpaired) electrons. The average Bonchev–Trinajstić information content (AvgIpc) is 3.26. The number of hydrogen-bond acceptors (Lipinski definition) is 6. The number of rotatable bonds is 7. The highest BCUT2D eigenvalue weighted by Gasteiger charge is 2.29. The first-order valence-electron chi connectivity index (χ1n) is 9.25. The Hall–Kier alpha value is -2.85. The first-order valence-corrected chi connectivity index (χ1v) is 11.8. The van der Waals surface area contributed by atoms with Crippen molar-refractivity contribution in [3.05, 3.63) is 88.9 Å². The number of nitrogens with one attached hydrogen (secondary N) is 2. The van der Waals surface area contributed by atoms with Crippen LogP contribution in [0.3, 0.4) is 0 Å². The van der Waals surface area contributed by atoms with E-state index >= 15 is 0 Å². The molecule has 0 spiro atoms. The Balaban J connectivity index is 1.61. The summed E-state index contributed by atoms with van der Waals surface area (Å²) < 4.78 is 37.1. The summed E-state index contributed by atoms with van der Waals surface area (Å²) in [5.41, 5.74) is 2.11. The highest BCUT2D eigenvalue weighted by Crippen LogP contribution is 2.24. The van der Waals surface area contributed by atoms with Crippen LogP contribution in [-0.2, 0) is 21.4 Å². The SMILES string of the molecule is O=C(NCc1ccc(Cl)cc1)C(NS(=O)(=O)c1cccc2nsnc12)c1ccccc1. The van der Waals surface area contributed by atoms with Gasteiger partial charge in [0, 0.05) is 11.6 Å². The summed E-state index contributed by atoms with van der Waals surface area (Å²) in [6, 6.07) is 19.3. The van der Waals surface area contributed by atoms with E-state index in [4.69, 9.17) is 11.6 Å². The fourth-order valence-corrected chi connectivity index (χ4v) is 5.11. The highest BCUT2D eigenvalue weighted by molar-refractivity contribution is 7.89. The Bertz CT molecular complexity index is 1310. The topological polar surface area (TPSA) is 101 Å². The van der Waals surface area contributed by atoms with Gasteiger partial charge in [0.15, 0.2) is 0 Å². The predicted molar refractivity (Wildman–Crippen MR) is 120 cm³/mol. The van der Waals surface area contributed by atoms with E-state index in [9.17, 15) is 13.2 Å². The van der Waals surface area contributed by atoms with Crippen LogP contribution in [0.5, 0.6) is 0 Å². The maximum atomic E-state index is 13.2. The zero-order valence-electron chi connectivity index (χ0n) is 16.0. The van der Waals surface area contributed by atoms with E-state index in [1.807, 2.05) is 0 Å². The van der Waals surface area contributed by atoms with E-state index in [-0.39, 0.29) is 17.0 Å². The maximum Gasteiger partial charge on any atom is 0.243 e. The van der Waals surface area contributed by atoms with Crippen molar-refractivity contribution in [1.29, 1.82) is 0 Å². The van der Waals surface area contributed by atoms with Gasteiger partial charge in [0.2, 0.25) is 15.9 Å². The molecule has 10 heteroatoms. The fourth-order valence-electron chi connectivity index (χ4n) is 3.03. The Morgan fingerprint density at radius 1 is 0.968 bits per heavy atom. The summed E-state index contributed by atoms with van der Waals surface area (Å²) in [5.74, 6) is -0.478. The van der Waals surface area contributed by atoms with Crippen LogP contribution in [0.4, 0.5) is 0 Å². The number of benzene rings is 3. The Morgan fingerprint density at radius 3 is 2.45 bits per heavy atom. The number of hydrogen-bond donors (Lipinski definition) is 2. The highest BCUT2D eigenvalue weighted by atomic mass is 35.5. The molecule has 0 bridgehead atoms. The van der Waals surface area contributed by atoms with Crippen LogP contribution in [0, 0.1) is 0 Å². The van der Waals surface area contributed by atoms with E-state index in [1.165, 1.54) is 6.07 Å². The summed E-state index contributed by atoms with van der Waals surface area (Å²) in [7, 11) is -4.06. The number of carbonyl (C=O) groups excluding carboxylic acids is 1. The lowest BCUT2D eigenvalue weighted by Gasteiger charge is -2.19. The van der Waals surface area contributed by atoms with Gasteiger partial charge in [-0.25, -0.2) is 8.42 Å². The van der Waals surface area contributed by atoms with Gasteiger partial charge in [-0.3, -0.25) is 4.79 Å². The first kappa shape index (κ1) is 21.4. The standard InChI is InChI=1S/C21H17ClN4O3S2/c22-16-11-9-14(10-12-16)13-23-21(27)19(15-5-2-1-3-6-15)26-31(28,29)18-8-4-7-17-20(18)25-30-24-17/h1-12,19,26H,13H2,(H,23,27). The third-order valence-electron chi connectivity index (χ3n) is 4.59. The van der Waals surface area contributed by atoms with Crippen LogP contribution >= 0.6 is 23.3 Å². The minimum absolute atomic E-state index is 0.0230. The molecule has 2 N–H and O–H groups in total. The van der Waals surface area contributed by atoms with Crippen molar-refractivity contribution >= 4 is 50.3 Å². The van der Waals surface area contributed by atoms with Gasteiger partial charge in [0.1, 0.15) is 22.0 Å². The predicted octanol–water partition coefficient (Wildman–Crippen LogP) is 3.68. The molecule has 4 rings (SSSR count). The first-order chi connectivity index (χ1) is 14.9. The van der Waals surface area contributed by atoms with Crippen LogP contribution in [0.25, 0.3) is 11.0 Å². The normalized spacial score (nSPS) is 12.5. The maximum absolute atomic E-state index is 13.2. The lowest BCUT2D eigenvalue weighted by atomic mass is 10.1. The molecule has 0 saturated heterocycles. The van der Waals surface area contributed by atoms with Crippen molar-refractivity contribution in [2.75, 3.05) is 0 Å². The largest absolute Gasteiger partial charge is 0.350 e. The van der Waals surface area contributed by atoms with Crippen molar-refractivity contribution in [1.82, 2.24) is 18.8 Å². The third kappa shape index (κ3) is 4.91. The molecule has 158 valence electrons. The lowest BCUT2D eigenvalue weighted by Crippen LogP contribution is -2.40. The molecule has 0 saturated carbocycles. The number of halogens is 1. The molecule has 1 amide bonds. The molecular weight excluding hydrogens is 456 g/mol. The van der Waals surface area contributed by atoms with Crippen molar-refractivity contribution in [2.45, 2.75) is 17.5 Å². The van der Waals surface area contributed by atoms with E-state index in [2.05, 4.69) is 18.8 Å². The monoisotopic (exact) mass is 472 g/mol. The summed E-state index contributed by atoms with van der Waals surface area (Å²) >= 11 is 6.83. The molecule has 0 fully saturated rings. The summed E-state index contributed by atoms with van der Waals surface area (Å²) in [6.45, 7) is 0.229. The molecule has 1 heterocycles. The van der Waals surface area contributed by atoms with Gasteiger partial charge in [-0.2, -0.15) is 13.5 Å². The van der Waals surface area contributed by atoms with Crippen molar-refractivity contribution < 1.29 is 13.2 Å². The van der Waals surface area contributed by atoms with E-state index in [1.54, 1.807) is 66.7 Å². The van der Waals surface area contributed by atoms with Gasteiger partial charge in [0.05, 0.1) is 11.7 Å². The molecule has 3 aromatic carbocycles. The third-order valence-corrected chi connectivity index (χ3v) is 6.84. The minimum Gasteiger partial charge on any atom is -0.350 e. The van der Waals surface area contributed by atoms with E-state index < -0.39 is 22.0 Å². The van der Waals surface area contributed by atoms with Crippen LogP contribution in [0.15, 0.2) is 77.7 Å². The average molecular weight is 473 g/mol. The Kier molecular flexibility index (Phi) is 6.28. The van der Waals surface area contributed by atoms with Gasteiger partial charge in [-0.1, -0.05) is 60.1 Å². The Morgan fingerprint density at radius 2 is 1.71 bits per heavy atom. The number of sulfonamides is 1. The summed E-state index contributed by atoms with van der Waals surface area (Å²) in [6.07, 6.45) is 0. The summed E-state index contributed by atoms with van der Waals surface area (Å²) in [4.78, 5) is 13.0. The van der Waals surface area contributed by atoms with Gasteiger partial charge in [-0.05, 0) is 35.4 Å². The smallest absolute Gasteiger partial charge is 0.243 e. The molecule has 4 aromatic rings. The number of nitrogens with zero attached hydrogens (tertiary/aromatic N) is 2. The molecule has 0 aliphatic rings. The van der Waals surface area contributed by atoms with Crippen LogP contribution in [0.2, 0.25) is 5.02 Å². The quantitative estimate of drug-likeness (QED) is 0.427. The molecule has 1 atom stereocenters. The number of amides is 1. The fraction of sp³-hybridized carbons (Fsp3) is 0.0952. The van der Waals surface area contributed by atoms with Crippen LogP contribution < -0.4 is 10.0 Å². The zero-order chi connectivity index (χ0) is 21.8. The van der Waals surface area contributed by atoms with E-state index in [0.717, 1.165) is 17.3 Å². The number of fused-ring (bicyclic) bond motifs is 1. The van der Waals surface area contributed by atoms with Crippen LogP contribution in [-0.4, -0.2) is 23.1 Å². The van der Waals surface area contributed by atoms with Crippen LogP contribution in [0.1, 0.15) is 17.2 Å². The van der Waals surface area contributed by atoms with Gasteiger partial charge in [-0.15, -0.1) is 0 Å². The second kappa shape index (κ2) is 9.11. The van der Waals surface area contributed by atoms with Crippen molar-refractivity contribution in [2.24, 2.45) is 0 Å². The molecule has 1 unspecified atom stereocenters. The van der Waals surface area contributed by atoms with Crippen molar-refractivity contribution in [3.63, 3.8) is 0 Å². The second-order valence-electron chi connectivity index (χ2n) is 6.70. The number of aromatic nitrogens is 2. The van der Waals surface area contributed by atoms with Crippen molar-refractivity contribution in [3.8, 4) is 0 Å². The molecule has 0 aliphatic heterocycles. The van der Waals surface area contributed by atoms with E-state index in [0.29, 0.717) is 16.1 Å². The second-order valence-corrected chi connectivity index (χ2v) is 9.34. The zero-order valence-corrected chi connectivity index (χ0v) is 18.4. The van der Waals surface area contributed by atoms with Gasteiger partial charge < -0.3 is 5.32 Å². The lowest BCUT2D eigenvalue weighted by molar-refractivity contribution is -0.123. The minimum atomic E-state index is -4.06. The van der Waals surface area contributed by atoms with Gasteiger partial charge >= 0.3 is 0 Å².